The molecule has 0 spiro atoms. The van der Waals surface area contributed by atoms with E-state index < -0.39 is 6.43 Å². The van der Waals surface area contributed by atoms with Crippen LogP contribution >= 0.6 is 15.9 Å². The molecule has 0 fully saturated rings. The fourth-order valence-corrected chi connectivity index (χ4v) is 1.53. The molecule has 1 aromatic carbocycles. The van der Waals surface area contributed by atoms with E-state index >= 15 is 0 Å². The quantitative estimate of drug-likeness (QED) is 0.754. The molecule has 4 heteroatoms. The van der Waals surface area contributed by atoms with Crippen molar-refractivity contribution in [3.63, 3.8) is 0 Å². The van der Waals surface area contributed by atoms with Gasteiger partial charge in [-0.25, -0.2) is 8.78 Å². The van der Waals surface area contributed by atoms with Gasteiger partial charge < -0.3 is 4.90 Å². The summed E-state index contributed by atoms with van der Waals surface area (Å²) in [4.78, 5) is 1.54. The summed E-state index contributed by atoms with van der Waals surface area (Å²) in [5.74, 6) is 0. The molecular formula is C10H12BrF2N. The van der Waals surface area contributed by atoms with Crippen LogP contribution in [0.5, 0.6) is 0 Å². The summed E-state index contributed by atoms with van der Waals surface area (Å²) in [6, 6.07) is 7.54. The van der Waals surface area contributed by atoms with E-state index in [1.807, 2.05) is 24.3 Å². The van der Waals surface area contributed by atoms with Gasteiger partial charge in [0.2, 0.25) is 0 Å². The minimum Gasteiger partial charge on any atom is -0.369 e. The Morgan fingerprint density at radius 3 is 2.29 bits per heavy atom. The van der Waals surface area contributed by atoms with Gasteiger partial charge >= 0.3 is 0 Å². The van der Waals surface area contributed by atoms with Gasteiger partial charge in [-0.3, -0.25) is 0 Å². The second-order valence-corrected chi connectivity index (χ2v) is 3.63. The van der Waals surface area contributed by atoms with Gasteiger partial charge in [-0.05, 0) is 17.7 Å². The van der Waals surface area contributed by atoms with Gasteiger partial charge in [-0.15, -0.1) is 0 Å². The van der Waals surface area contributed by atoms with Crippen LogP contribution in [0.15, 0.2) is 24.3 Å². The van der Waals surface area contributed by atoms with Crippen molar-refractivity contribution in [1.82, 2.24) is 0 Å². The van der Waals surface area contributed by atoms with E-state index in [1.54, 1.807) is 11.9 Å². The molecular weight excluding hydrogens is 252 g/mol. The fraction of sp³-hybridized carbons (Fsp3) is 0.400. The van der Waals surface area contributed by atoms with Crippen molar-refractivity contribution in [2.45, 2.75) is 11.8 Å². The zero-order valence-corrected chi connectivity index (χ0v) is 9.47. The van der Waals surface area contributed by atoms with Crippen molar-refractivity contribution < 1.29 is 8.78 Å². The topological polar surface area (TPSA) is 3.24 Å². The van der Waals surface area contributed by atoms with Crippen molar-refractivity contribution in [3.8, 4) is 0 Å². The first-order valence-corrected chi connectivity index (χ1v) is 5.40. The molecule has 0 aliphatic carbocycles. The Balaban J connectivity index is 2.66. The number of hydrogen-bond donors (Lipinski definition) is 0. The van der Waals surface area contributed by atoms with Gasteiger partial charge in [-0.1, -0.05) is 28.1 Å². The van der Waals surface area contributed by atoms with E-state index in [9.17, 15) is 8.78 Å². The summed E-state index contributed by atoms with van der Waals surface area (Å²) >= 11 is 3.33. The first-order valence-electron chi connectivity index (χ1n) is 4.27. The van der Waals surface area contributed by atoms with Gasteiger partial charge in [0.05, 0.1) is 6.54 Å². The second-order valence-electron chi connectivity index (χ2n) is 3.07. The fourth-order valence-electron chi connectivity index (χ4n) is 1.15. The second kappa shape index (κ2) is 5.29. The van der Waals surface area contributed by atoms with E-state index in [1.165, 1.54) is 0 Å². The Morgan fingerprint density at radius 2 is 1.86 bits per heavy atom. The van der Waals surface area contributed by atoms with Crippen LogP contribution in [0.4, 0.5) is 14.5 Å². The largest absolute Gasteiger partial charge is 0.369 e. The SMILES string of the molecule is CN(CC(F)F)c1ccc(CBr)cc1. The molecule has 78 valence electrons. The molecule has 0 radical (unpaired) electrons. The van der Waals surface area contributed by atoms with Crippen LogP contribution in [-0.2, 0) is 5.33 Å². The molecule has 0 saturated carbocycles. The van der Waals surface area contributed by atoms with Gasteiger partial charge in [-0.2, -0.15) is 0 Å². The van der Waals surface area contributed by atoms with Crippen LogP contribution in [0.3, 0.4) is 0 Å². The van der Waals surface area contributed by atoms with Gasteiger partial charge in [0, 0.05) is 18.1 Å². The number of rotatable bonds is 4. The summed E-state index contributed by atoms with van der Waals surface area (Å²) < 4.78 is 24.1. The predicted octanol–water partition coefficient (Wildman–Crippen LogP) is 3.28. The molecule has 1 aromatic rings. The van der Waals surface area contributed by atoms with E-state index in [4.69, 9.17) is 0 Å². The minimum atomic E-state index is -2.30. The number of benzene rings is 1. The van der Waals surface area contributed by atoms with Crippen molar-refractivity contribution in [1.29, 1.82) is 0 Å². The van der Waals surface area contributed by atoms with Crippen LogP contribution in [-0.4, -0.2) is 20.0 Å². The molecule has 0 amide bonds. The van der Waals surface area contributed by atoms with Crippen LogP contribution in [0, 0.1) is 0 Å². The summed E-state index contributed by atoms with van der Waals surface area (Å²) in [7, 11) is 1.66. The Kier molecular flexibility index (Phi) is 4.32. The summed E-state index contributed by atoms with van der Waals surface area (Å²) in [5, 5.41) is 0.784. The van der Waals surface area contributed by atoms with E-state index in [0.717, 1.165) is 16.6 Å². The molecule has 14 heavy (non-hydrogen) atoms. The minimum absolute atomic E-state index is 0.229. The smallest absolute Gasteiger partial charge is 0.255 e. The third kappa shape index (κ3) is 3.25. The highest BCUT2D eigenvalue weighted by Crippen LogP contribution is 2.16. The first kappa shape index (κ1) is 11.4. The Labute approximate surface area is 90.8 Å². The Morgan fingerprint density at radius 1 is 1.29 bits per heavy atom. The number of nitrogens with zero attached hydrogens (tertiary/aromatic N) is 1. The van der Waals surface area contributed by atoms with Crippen molar-refractivity contribution in [2.24, 2.45) is 0 Å². The number of halogens is 3. The maximum atomic E-state index is 12.1. The molecule has 0 aliphatic rings. The van der Waals surface area contributed by atoms with Gasteiger partial charge in [0.1, 0.15) is 0 Å². The number of hydrogen-bond acceptors (Lipinski definition) is 1. The molecule has 0 heterocycles. The molecule has 0 saturated heterocycles. The standard InChI is InChI=1S/C10H12BrF2N/c1-14(7-10(12)13)9-4-2-8(6-11)3-5-9/h2-5,10H,6-7H2,1H3. The third-order valence-electron chi connectivity index (χ3n) is 1.94. The van der Waals surface area contributed by atoms with E-state index in [-0.39, 0.29) is 6.54 Å². The predicted molar refractivity (Wildman–Crippen MR) is 58.3 cm³/mol. The van der Waals surface area contributed by atoms with Crippen LogP contribution in [0.2, 0.25) is 0 Å². The maximum absolute atomic E-state index is 12.1. The monoisotopic (exact) mass is 263 g/mol. The zero-order valence-electron chi connectivity index (χ0n) is 7.88. The lowest BCUT2D eigenvalue weighted by atomic mass is 10.2. The lowest BCUT2D eigenvalue weighted by molar-refractivity contribution is 0.156. The van der Waals surface area contributed by atoms with E-state index in [0.29, 0.717) is 0 Å². The molecule has 0 bridgehead atoms. The molecule has 0 unspecified atom stereocenters. The van der Waals surface area contributed by atoms with Crippen molar-refractivity contribution in [2.75, 3.05) is 18.5 Å². The first-order chi connectivity index (χ1) is 6.63. The zero-order chi connectivity index (χ0) is 10.6. The van der Waals surface area contributed by atoms with Crippen molar-refractivity contribution >= 4 is 21.6 Å². The highest BCUT2D eigenvalue weighted by molar-refractivity contribution is 9.08. The molecule has 1 nitrogen and oxygen atoms in total. The van der Waals surface area contributed by atoms with E-state index in [2.05, 4.69) is 15.9 Å². The average molecular weight is 264 g/mol. The van der Waals surface area contributed by atoms with Gasteiger partial charge in [0.25, 0.3) is 6.43 Å². The molecule has 0 aromatic heterocycles. The molecule has 0 N–H and O–H groups in total. The summed E-state index contributed by atoms with van der Waals surface area (Å²) in [6.07, 6.45) is -2.30. The van der Waals surface area contributed by atoms with Crippen LogP contribution in [0.25, 0.3) is 0 Å². The van der Waals surface area contributed by atoms with Gasteiger partial charge in [0.15, 0.2) is 0 Å². The number of alkyl halides is 3. The molecule has 0 aliphatic heterocycles. The number of anilines is 1. The maximum Gasteiger partial charge on any atom is 0.255 e. The lowest BCUT2D eigenvalue weighted by Crippen LogP contribution is -2.23. The normalized spacial score (nSPS) is 10.6. The van der Waals surface area contributed by atoms with Crippen LogP contribution in [0.1, 0.15) is 5.56 Å². The lowest BCUT2D eigenvalue weighted by Gasteiger charge is -2.18. The highest BCUT2D eigenvalue weighted by Gasteiger charge is 2.07. The molecule has 1 rings (SSSR count). The van der Waals surface area contributed by atoms with Crippen LogP contribution < -0.4 is 4.90 Å². The summed E-state index contributed by atoms with van der Waals surface area (Å²) in [6.45, 7) is -0.229. The van der Waals surface area contributed by atoms with Crippen molar-refractivity contribution in [3.05, 3.63) is 29.8 Å². The average Bonchev–Trinajstić information content (AvgIpc) is 2.17. The highest BCUT2D eigenvalue weighted by atomic mass is 79.9. The molecule has 0 atom stereocenters. The third-order valence-corrected chi connectivity index (χ3v) is 2.59. The Bertz CT molecular complexity index is 274. The summed E-state index contributed by atoms with van der Waals surface area (Å²) in [5.41, 5.74) is 1.95. The Hall–Kier alpha value is -0.640.